The number of hydrogen-bond acceptors (Lipinski definition) is 6. The molecule has 1 fully saturated rings. The number of amides is 2. The maximum atomic E-state index is 13.7. The van der Waals surface area contributed by atoms with Gasteiger partial charge in [-0.25, -0.2) is 0 Å². The summed E-state index contributed by atoms with van der Waals surface area (Å²) in [6, 6.07) is 18.5. The van der Waals surface area contributed by atoms with Crippen LogP contribution in [0.3, 0.4) is 0 Å². The number of aromatic nitrogens is 1. The molecule has 4 rings (SSSR count). The van der Waals surface area contributed by atoms with Crippen LogP contribution in [0.2, 0.25) is 0 Å². The van der Waals surface area contributed by atoms with Crippen LogP contribution in [-0.4, -0.2) is 71.0 Å². The molecule has 3 N–H and O–H groups in total. The molecule has 40 heavy (non-hydrogen) atoms. The van der Waals surface area contributed by atoms with Crippen LogP contribution in [0.1, 0.15) is 30.6 Å². The van der Waals surface area contributed by atoms with Gasteiger partial charge in [-0.3, -0.25) is 24.4 Å². The average molecular weight is 558 g/mol. The minimum absolute atomic E-state index is 0.195. The second kappa shape index (κ2) is 13.1. The number of furan rings is 1. The van der Waals surface area contributed by atoms with Gasteiger partial charge in [0.25, 0.3) is 0 Å². The van der Waals surface area contributed by atoms with E-state index in [1.165, 1.54) is 0 Å². The number of primary amides is 1. The van der Waals surface area contributed by atoms with Crippen molar-refractivity contribution in [2.45, 2.75) is 43.9 Å². The molecule has 0 radical (unpaired) electrons. The Bertz CT molecular complexity index is 1250. The summed E-state index contributed by atoms with van der Waals surface area (Å²) in [6.45, 7) is 0.642. The van der Waals surface area contributed by atoms with Crippen LogP contribution in [0, 0.1) is 0 Å². The van der Waals surface area contributed by atoms with E-state index in [1.807, 2.05) is 70.5 Å². The summed E-state index contributed by atoms with van der Waals surface area (Å²) in [5.74, 6) is 0.190. The molecule has 2 aromatic heterocycles. The van der Waals surface area contributed by atoms with Crippen LogP contribution in [0.25, 0.3) is 11.5 Å². The van der Waals surface area contributed by atoms with Crippen molar-refractivity contribution in [3.63, 3.8) is 0 Å². The third-order valence-electron chi connectivity index (χ3n) is 7.05. The summed E-state index contributed by atoms with van der Waals surface area (Å²) < 4.78 is 45.5. The lowest BCUT2D eigenvalue weighted by atomic mass is 9.84. The Morgan fingerprint density at radius 1 is 1.02 bits per heavy atom. The Morgan fingerprint density at radius 3 is 2.50 bits per heavy atom. The zero-order valence-corrected chi connectivity index (χ0v) is 22.2. The van der Waals surface area contributed by atoms with E-state index in [1.54, 1.807) is 6.20 Å². The lowest BCUT2D eigenvalue weighted by molar-refractivity contribution is -0.150. The lowest BCUT2D eigenvalue weighted by Crippen LogP contribution is -2.70. The normalized spacial score (nSPS) is 18.5. The Hall–Kier alpha value is -3.70. The highest BCUT2D eigenvalue weighted by atomic mass is 19.4. The molecular formula is C29H34F3N5O3. The van der Waals surface area contributed by atoms with Crippen molar-refractivity contribution in [1.29, 1.82) is 0 Å². The smallest absolute Gasteiger partial charge is 0.405 e. The van der Waals surface area contributed by atoms with Gasteiger partial charge < -0.3 is 15.5 Å². The minimum Gasteiger partial charge on any atom is -0.458 e. The SMILES string of the molecule is NC(=O)CCCCN1CCN(Cc2ccc(-c3ccccn3)o2)CC1(Cc1ccccc1)C(=O)NCC(F)(F)F. The Labute approximate surface area is 231 Å². The number of nitrogens with zero attached hydrogens (tertiary/aromatic N) is 3. The Balaban J connectivity index is 1.60. The second-order valence-corrected chi connectivity index (χ2v) is 10.1. The van der Waals surface area contributed by atoms with Crippen molar-refractivity contribution >= 4 is 11.8 Å². The van der Waals surface area contributed by atoms with E-state index in [2.05, 4.69) is 10.3 Å². The van der Waals surface area contributed by atoms with Gasteiger partial charge >= 0.3 is 6.18 Å². The van der Waals surface area contributed by atoms with Gasteiger partial charge in [0.1, 0.15) is 23.5 Å². The number of benzene rings is 1. The zero-order chi connectivity index (χ0) is 28.6. The van der Waals surface area contributed by atoms with Gasteiger partial charge in [-0.2, -0.15) is 13.2 Å². The third kappa shape index (κ3) is 7.92. The fourth-order valence-electron chi connectivity index (χ4n) is 5.16. The number of pyridine rings is 1. The van der Waals surface area contributed by atoms with Gasteiger partial charge in [0.15, 0.2) is 5.76 Å². The van der Waals surface area contributed by atoms with Crippen molar-refractivity contribution < 1.29 is 27.2 Å². The molecule has 11 heteroatoms. The zero-order valence-electron chi connectivity index (χ0n) is 22.2. The summed E-state index contributed by atoms with van der Waals surface area (Å²) in [5, 5.41) is 2.16. The molecule has 1 aromatic carbocycles. The quantitative estimate of drug-likeness (QED) is 0.329. The standard InChI is InChI=1S/C29H34F3N5O3/c30-29(31,32)20-35-27(39)28(18-22-8-2-1-3-9-22)21-36(16-17-37(28)15-7-5-11-26(33)38)19-23-12-13-25(40-23)24-10-4-6-14-34-24/h1-4,6,8-10,12-14H,5,7,11,15-21H2,(H2,33,38)(H,35,39). The maximum Gasteiger partial charge on any atom is 0.405 e. The first-order valence-corrected chi connectivity index (χ1v) is 13.3. The molecule has 2 amide bonds. The van der Waals surface area contributed by atoms with Crippen LogP contribution >= 0.6 is 0 Å². The largest absolute Gasteiger partial charge is 0.458 e. The number of nitrogens with one attached hydrogen (secondary N) is 1. The molecule has 3 aromatic rings. The van der Waals surface area contributed by atoms with Crippen molar-refractivity contribution in [2.75, 3.05) is 32.7 Å². The van der Waals surface area contributed by atoms with E-state index < -0.39 is 30.1 Å². The molecule has 1 unspecified atom stereocenters. The third-order valence-corrected chi connectivity index (χ3v) is 7.05. The maximum absolute atomic E-state index is 13.7. The van der Waals surface area contributed by atoms with Crippen molar-refractivity contribution in [1.82, 2.24) is 20.1 Å². The number of carbonyl (C=O) groups is 2. The highest BCUT2D eigenvalue weighted by Crippen LogP contribution is 2.30. The molecule has 3 heterocycles. The van der Waals surface area contributed by atoms with Gasteiger partial charge in [0, 0.05) is 38.7 Å². The topological polar surface area (TPSA) is 105 Å². The van der Waals surface area contributed by atoms with Crippen molar-refractivity contribution in [3.8, 4) is 11.5 Å². The van der Waals surface area contributed by atoms with Gasteiger partial charge in [-0.05, 0) is 49.2 Å². The van der Waals surface area contributed by atoms with E-state index in [-0.39, 0.29) is 19.4 Å². The fraction of sp³-hybridized carbons (Fsp3) is 0.414. The number of piperazine rings is 1. The molecule has 1 saturated heterocycles. The first kappa shape index (κ1) is 29.3. The molecular weight excluding hydrogens is 523 g/mol. The van der Waals surface area contributed by atoms with Crippen LogP contribution in [0.4, 0.5) is 13.2 Å². The molecule has 0 saturated carbocycles. The highest BCUT2D eigenvalue weighted by Gasteiger charge is 2.48. The summed E-state index contributed by atoms with van der Waals surface area (Å²) >= 11 is 0. The Morgan fingerprint density at radius 2 is 1.80 bits per heavy atom. The van der Waals surface area contributed by atoms with Crippen LogP contribution in [0.5, 0.6) is 0 Å². The molecule has 1 aliphatic rings. The molecule has 0 bridgehead atoms. The molecule has 1 atom stereocenters. The first-order valence-electron chi connectivity index (χ1n) is 13.3. The average Bonchev–Trinajstić information content (AvgIpc) is 3.39. The number of carbonyl (C=O) groups excluding carboxylic acids is 2. The van der Waals surface area contributed by atoms with Gasteiger partial charge in [-0.15, -0.1) is 0 Å². The van der Waals surface area contributed by atoms with E-state index in [0.29, 0.717) is 56.2 Å². The van der Waals surface area contributed by atoms with Gasteiger partial charge in [-0.1, -0.05) is 36.4 Å². The van der Waals surface area contributed by atoms with Crippen molar-refractivity contribution in [2.24, 2.45) is 5.73 Å². The van der Waals surface area contributed by atoms with E-state index in [9.17, 15) is 22.8 Å². The monoisotopic (exact) mass is 557 g/mol. The number of unbranched alkanes of at least 4 members (excludes halogenated alkanes) is 1. The number of halogens is 3. The lowest BCUT2D eigenvalue weighted by Gasteiger charge is -2.50. The van der Waals surface area contributed by atoms with E-state index in [0.717, 1.165) is 5.56 Å². The molecule has 1 aliphatic heterocycles. The van der Waals surface area contributed by atoms with Gasteiger partial charge in [0.05, 0.1) is 6.54 Å². The summed E-state index contributed by atoms with van der Waals surface area (Å²) in [4.78, 5) is 33.3. The highest BCUT2D eigenvalue weighted by molar-refractivity contribution is 5.87. The fourth-order valence-corrected chi connectivity index (χ4v) is 5.16. The summed E-state index contributed by atoms with van der Waals surface area (Å²) in [6.07, 6.45) is -1.32. The number of rotatable bonds is 12. The van der Waals surface area contributed by atoms with Crippen LogP contribution < -0.4 is 11.1 Å². The van der Waals surface area contributed by atoms with E-state index >= 15 is 0 Å². The van der Waals surface area contributed by atoms with Gasteiger partial charge in [0.2, 0.25) is 11.8 Å². The minimum atomic E-state index is -4.54. The molecule has 0 aliphatic carbocycles. The second-order valence-electron chi connectivity index (χ2n) is 10.1. The van der Waals surface area contributed by atoms with Crippen LogP contribution in [0.15, 0.2) is 71.3 Å². The summed E-state index contributed by atoms with van der Waals surface area (Å²) in [7, 11) is 0. The molecule has 214 valence electrons. The molecule has 0 spiro atoms. The predicted octanol–water partition coefficient (Wildman–Crippen LogP) is 3.77. The Kier molecular flexibility index (Phi) is 9.59. The first-order chi connectivity index (χ1) is 19.1. The predicted molar refractivity (Wildman–Crippen MR) is 144 cm³/mol. The van der Waals surface area contributed by atoms with Crippen LogP contribution in [-0.2, 0) is 22.6 Å². The number of alkyl halides is 3. The molecule has 8 nitrogen and oxygen atoms in total. The van der Waals surface area contributed by atoms with Crippen molar-refractivity contribution in [3.05, 3.63) is 78.2 Å². The number of nitrogens with two attached hydrogens (primary N) is 1. The van der Waals surface area contributed by atoms with E-state index in [4.69, 9.17) is 10.2 Å². The summed E-state index contributed by atoms with van der Waals surface area (Å²) in [5.41, 5.74) is 5.54. The number of hydrogen-bond donors (Lipinski definition) is 2.